The molecule has 1 atom stereocenters. The summed E-state index contributed by atoms with van der Waals surface area (Å²) in [6.45, 7) is 5.83. The Morgan fingerprint density at radius 2 is 2.08 bits per heavy atom. The number of aromatic nitrogens is 3. The van der Waals surface area contributed by atoms with Crippen molar-refractivity contribution in [1.29, 1.82) is 0 Å². The Balaban J connectivity index is 1.47. The first-order chi connectivity index (χ1) is 11.7. The van der Waals surface area contributed by atoms with Gasteiger partial charge in [0, 0.05) is 38.4 Å². The van der Waals surface area contributed by atoms with Crippen molar-refractivity contribution in [2.45, 2.75) is 19.5 Å². The van der Waals surface area contributed by atoms with Gasteiger partial charge in [-0.1, -0.05) is 6.07 Å². The molecule has 1 unspecified atom stereocenters. The van der Waals surface area contributed by atoms with Crippen LogP contribution in [0.15, 0.2) is 48.8 Å². The number of piperazine rings is 1. The second kappa shape index (κ2) is 6.20. The van der Waals surface area contributed by atoms with Gasteiger partial charge in [-0.15, -0.1) is 0 Å². The minimum Gasteiger partial charge on any atom is -0.351 e. The molecule has 24 heavy (non-hydrogen) atoms. The van der Waals surface area contributed by atoms with Gasteiger partial charge in [-0.25, -0.2) is 13.9 Å². The van der Waals surface area contributed by atoms with Gasteiger partial charge >= 0.3 is 0 Å². The first-order valence-corrected chi connectivity index (χ1v) is 8.23. The Morgan fingerprint density at radius 1 is 1.17 bits per heavy atom. The predicted octanol–water partition coefficient (Wildman–Crippen LogP) is 2.58. The zero-order chi connectivity index (χ0) is 16.5. The monoisotopic (exact) mass is 325 g/mol. The van der Waals surface area contributed by atoms with Crippen molar-refractivity contribution in [2.24, 2.45) is 0 Å². The molecule has 0 saturated carbocycles. The van der Waals surface area contributed by atoms with Crippen molar-refractivity contribution in [3.63, 3.8) is 0 Å². The highest BCUT2D eigenvalue weighted by Crippen LogP contribution is 2.20. The Labute approximate surface area is 140 Å². The maximum Gasteiger partial charge on any atom is 0.141 e. The Hall–Kier alpha value is -2.47. The fourth-order valence-corrected chi connectivity index (χ4v) is 3.41. The molecule has 5 nitrogen and oxygen atoms in total. The molecule has 0 N–H and O–H groups in total. The fraction of sp³-hybridized carbons (Fsp3) is 0.333. The summed E-state index contributed by atoms with van der Waals surface area (Å²) in [7, 11) is 0. The Morgan fingerprint density at radius 3 is 2.88 bits per heavy atom. The van der Waals surface area contributed by atoms with Gasteiger partial charge in [-0.3, -0.25) is 4.90 Å². The third kappa shape index (κ3) is 2.85. The molecule has 1 saturated heterocycles. The zero-order valence-electron chi connectivity index (χ0n) is 13.6. The van der Waals surface area contributed by atoms with Gasteiger partial charge in [0.15, 0.2) is 0 Å². The number of fused-ring (bicyclic) bond motifs is 1. The Bertz CT molecular complexity index is 829. The lowest BCUT2D eigenvalue weighted by Crippen LogP contribution is -2.52. The number of hydrogen-bond donors (Lipinski definition) is 0. The summed E-state index contributed by atoms with van der Waals surface area (Å²) in [5.74, 6) is 0.551. The van der Waals surface area contributed by atoms with Crippen molar-refractivity contribution in [1.82, 2.24) is 19.5 Å². The average Bonchev–Trinajstić information content (AvgIpc) is 3.06. The summed E-state index contributed by atoms with van der Waals surface area (Å²) in [6, 6.07) is 11.8. The van der Waals surface area contributed by atoms with Crippen molar-refractivity contribution < 1.29 is 4.39 Å². The van der Waals surface area contributed by atoms with Gasteiger partial charge in [0.05, 0.1) is 17.4 Å². The number of rotatable bonds is 3. The fourth-order valence-electron chi connectivity index (χ4n) is 3.41. The van der Waals surface area contributed by atoms with Crippen LogP contribution in [0.4, 0.5) is 10.2 Å². The molecule has 4 heterocycles. The van der Waals surface area contributed by atoms with E-state index in [0.717, 1.165) is 37.5 Å². The SMILES string of the molecule is CC1CN(Cc2cccc3ccnn23)CCN1c1ccc(F)cn1. The Kier molecular flexibility index (Phi) is 3.90. The topological polar surface area (TPSA) is 36.7 Å². The van der Waals surface area contributed by atoms with Crippen LogP contribution >= 0.6 is 0 Å². The molecule has 3 aromatic heterocycles. The molecule has 6 heteroatoms. The second-order valence-corrected chi connectivity index (χ2v) is 6.30. The molecule has 0 aliphatic carbocycles. The lowest BCUT2D eigenvalue weighted by molar-refractivity contribution is 0.216. The number of pyridine rings is 2. The van der Waals surface area contributed by atoms with E-state index in [2.05, 4.69) is 45.0 Å². The van der Waals surface area contributed by atoms with Gasteiger partial charge < -0.3 is 4.90 Å². The molecular formula is C18H20FN5. The lowest BCUT2D eigenvalue weighted by atomic mass is 10.1. The average molecular weight is 325 g/mol. The van der Waals surface area contributed by atoms with Crippen LogP contribution in [-0.4, -0.2) is 45.2 Å². The molecule has 1 aliphatic heterocycles. The molecule has 1 aliphatic rings. The number of nitrogens with zero attached hydrogens (tertiary/aromatic N) is 5. The van der Waals surface area contributed by atoms with Crippen molar-refractivity contribution >= 4 is 11.3 Å². The smallest absolute Gasteiger partial charge is 0.141 e. The van der Waals surface area contributed by atoms with E-state index in [-0.39, 0.29) is 5.82 Å². The first-order valence-electron chi connectivity index (χ1n) is 8.23. The van der Waals surface area contributed by atoms with Gasteiger partial charge in [0.2, 0.25) is 0 Å². The van der Waals surface area contributed by atoms with Gasteiger partial charge in [0.1, 0.15) is 11.6 Å². The minimum absolute atomic E-state index is 0.294. The van der Waals surface area contributed by atoms with E-state index in [1.165, 1.54) is 18.0 Å². The van der Waals surface area contributed by atoms with E-state index in [9.17, 15) is 4.39 Å². The summed E-state index contributed by atoms with van der Waals surface area (Å²) >= 11 is 0. The third-order valence-corrected chi connectivity index (χ3v) is 4.60. The summed E-state index contributed by atoms with van der Waals surface area (Å²) in [6.07, 6.45) is 3.12. The molecular weight excluding hydrogens is 305 g/mol. The lowest BCUT2D eigenvalue weighted by Gasteiger charge is -2.40. The summed E-state index contributed by atoms with van der Waals surface area (Å²) in [4.78, 5) is 8.89. The maximum absolute atomic E-state index is 13.1. The number of anilines is 1. The molecule has 0 aromatic carbocycles. The minimum atomic E-state index is -0.294. The molecule has 0 spiro atoms. The largest absolute Gasteiger partial charge is 0.351 e. The predicted molar refractivity (Wildman–Crippen MR) is 91.5 cm³/mol. The van der Waals surface area contributed by atoms with Crippen LogP contribution in [0, 0.1) is 5.82 Å². The summed E-state index contributed by atoms with van der Waals surface area (Å²) in [5.41, 5.74) is 2.31. The van der Waals surface area contributed by atoms with Gasteiger partial charge in [0.25, 0.3) is 0 Å². The van der Waals surface area contributed by atoms with Crippen LogP contribution in [-0.2, 0) is 6.54 Å². The third-order valence-electron chi connectivity index (χ3n) is 4.60. The van der Waals surface area contributed by atoms with Crippen LogP contribution in [0.1, 0.15) is 12.6 Å². The van der Waals surface area contributed by atoms with Crippen LogP contribution in [0.25, 0.3) is 5.52 Å². The van der Waals surface area contributed by atoms with Crippen LogP contribution < -0.4 is 4.90 Å². The number of halogens is 1. The zero-order valence-corrected chi connectivity index (χ0v) is 13.6. The quantitative estimate of drug-likeness (QED) is 0.742. The molecule has 0 radical (unpaired) electrons. The van der Waals surface area contributed by atoms with Gasteiger partial charge in [-0.2, -0.15) is 5.10 Å². The van der Waals surface area contributed by atoms with E-state index in [1.807, 2.05) is 16.8 Å². The van der Waals surface area contributed by atoms with E-state index in [1.54, 1.807) is 6.07 Å². The van der Waals surface area contributed by atoms with E-state index < -0.39 is 0 Å². The van der Waals surface area contributed by atoms with Gasteiger partial charge in [-0.05, 0) is 37.3 Å². The van der Waals surface area contributed by atoms with E-state index in [0.29, 0.717) is 6.04 Å². The van der Waals surface area contributed by atoms with E-state index in [4.69, 9.17) is 0 Å². The highest BCUT2D eigenvalue weighted by molar-refractivity contribution is 5.46. The highest BCUT2D eigenvalue weighted by Gasteiger charge is 2.25. The van der Waals surface area contributed by atoms with Crippen LogP contribution in [0.5, 0.6) is 0 Å². The highest BCUT2D eigenvalue weighted by atomic mass is 19.1. The normalized spacial score (nSPS) is 19.1. The summed E-state index contributed by atoms with van der Waals surface area (Å²) < 4.78 is 15.1. The first kappa shape index (κ1) is 15.1. The van der Waals surface area contributed by atoms with Crippen molar-refractivity contribution in [2.75, 3.05) is 24.5 Å². The molecule has 1 fully saturated rings. The number of hydrogen-bond acceptors (Lipinski definition) is 4. The standard InChI is InChI=1S/C18H20FN5/c1-14-12-22(9-10-23(14)18-6-5-15(19)11-20-18)13-17-4-2-3-16-7-8-21-24(16)17/h2-8,11,14H,9-10,12-13H2,1H3. The molecule has 4 rings (SSSR count). The molecule has 0 bridgehead atoms. The van der Waals surface area contributed by atoms with Crippen molar-refractivity contribution in [3.05, 3.63) is 60.3 Å². The maximum atomic E-state index is 13.1. The van der Waals surface area contributed by atoms with Crippen molar-refractivity contribution in [3.8, 4) is 0 Å². The van der Waals surface area contributed by atoms with Crippen LogP contribution in [0.3, 0.4) is 0 Å². The van der Waals surface area contributed by atoms with Crippen LogP contribution in [0.2, 0.25) is 0 Å². The molecule has 124 valence electrons. The summed E-state index contributed by atoms with van der Waals surface area (Å²) in [5, 5.41) is 4.41. The molecule has 3 aromatic rings. The van der Waals surface area contributed by atoms with E-state index >= 15 is 0 Å². The second-order valence-electron chi connectivity index (χ2n) is 6.30. The molecule has 0 amide bonds.